The van der Waals surface area contributed by atoms with E-state index in [0.717, 1.165) is 25.8 Å². The van der Waals surface area contributed by atoms with Crippen LogP contribution < -0.4 is 4.72 Å². The van der Waals surface area contributed by atoms with Crippen LogP contribution in [0.1, 0.15) is 51.8 Å². The third kappa shape index (κ3) is 7.73. The molecular formula is C24H27F7N4OS. The summed E-state index contributed by atoms with van der Waals surface area (Å²) in [5.41, 5.74) is -2.15. The van der Waals surface area contributed by atoms with E-state index in [4.69, 9.17) is 0 Å². The van der Waals surface area contributed by atoms with Crippen molar-refractivity contribution in [2.45, 2.75) is 71.5 Å². The first-order valence-corrected chi connectivity index (χ1v) is 12.6. The summed E-state index contributed by atoms with van der Waals surface area (Å²) in [6.07, 6.45) is -3.14. The van der Waals surface area contributed by atoms with Gasteiger partial charge in [-0.25, -0.2) is 36.5 Å². The first-order chi connectivity index (χ1) is 17.1. The Balaban J connectivity index is 0.000000886. The number of rotatable bonds is 6. The Morgan fingerprint density at radius 3 is 2.32 bits per heavy atom. The van der Waals surface area contributed by atoms with Crippen molar-refractivity contribution in [3.8, 4) is 11.3 Å². The van der Waals surface area contributed by atoms with Crippen LogP contribution in [0.25, 0.3) is 22.3 Å². The van der Waals surface area contributed by atoms with Crippen molar-refractivity contribution in [1.82, 2.24) is 19.3 Å². The molecule has 37 heavy (non-hydrogen) atoms. The van der Waals surface area contributed by atoms with Gasteiger partial charge in [0.2, 0.25) is 6.43 Å². The zero-order valence-corrected chi connectivity index (χ0v) is 21.4. The lowest BCUT2D eigenvalue weighted by molar-refractivity contribution is -0.140. The quantitative estimate of drug-likeness (QED) is 0.350. The molecule has 3 aromatic heterocycles. The molecule has 0 spiro atoms. The molecular weight excluding hydrogens is 525 g/mol. The lowest BCUT2D eigenvalue weighted by atomic mass is 9.97. The van der Waals surface area contributed by atoms with Gasteiger partial charge in [0.1, 0.15) is 23.0 Å². The Hall–Kier alpha value is -2.54. The Labute approximate surface area is 212 Å². The van der Waals surface area contributed by atoms with Crippen LogP contribution in [0.5, 0.6) is 0 Å². The fraction of sp³-hybridized carbons (Fsp3) is 0.500. The molecule has 1 atom stereocenters. The molecule has 3 heterocycles. The summed E-state index contributed by atoms with van der Waals surface area (Å²) >= 11 is 0. The molecule has 0 radical (unpaired) electrons. The second-order valence-electron chi connectivity index (χ2n) is 9.92. The highest BCUT2D eigenvalue weighted by molar-refractivity contribution is 7.83. The molecule has 1 aliphatic rings. The van der Waals surface area contributed by atoms with Gasteiger partial charge in [0, 0.05) is 35.5 Å². The predicted molar refractivity (Wildman–Crippen MR) is 127 cm³/mol. The molecule has 1 N–H and O–H groups in total. The van der Waals surface area contributed by atoms with Crippen LogP contribution in [0.2, 0.25) is 0 Å². The Morgan fingerprint density at radius 2 is 1.78 bits per heavy atom. The number of aromatic nitrogens is 3. The summed E-state index contributed by atoms with van der Waals surface area (Å²) in [7, 11) is -1.22. The Bertz CT molecular complexity index is 1280. The van der Waals surface area contributed by atoms with Crippen molar-refractivity contribution in [2.24, 2.45) is 5.41 Å². The molecule has 13 heteroatoms. The van der Waals surface area contributed by atoms with Gasteiger partial charge in [-0.2, -0.15) is 13.2 Å². The number of nitrogens with one attached hydrogen (secondary N) is 1. The maximum Gasteiger partial charge on any atom is 0.434 e. The van der Waals surface area contributed by atoms with Gasteiger partial charge in [-0.1, -0.05) is 20.8 Å². The van der Waals surface area contributed by atoms with E-state index in [1.165, 1.54) is 0 Å². The molecule has 0 aromatic carbocycles. The Morgan fingerprint density at radius 1 is 1.16 bits per heavy atom. The second-order valence-corrected chi connectivity index (χ2v) is 11.5. The van der Waals surface area contributed by atoms with Crippen LogP contribution in [0, 0.1) is 17.0 Å². The monoisotopic (exact) mass is 552 g/mol. The summed E-state index contributed by atoms with van der Waals surface area (Å²) in [4.78, 5) is 7.37. The number of halogens is 7. The van der Waals surface area contributed by atoms with Crippen LogP contribution >= 0.6 is 0 Å². The van der Waals surface area contributed by atoms with Crippen LogP contribution in [-0.2, 0) is 30.3 Å². The van der Waals surface area contributed by atoms with Crippen molar-refractivity contribution in [2.75, 3.05) is 0 Å². The minimum atomic E-state index is -4.92. The molecule has 0 saturated heterocycles. The summed E-state index contributed by atoms with van der Waals surface area (Å²) < 4.78 is 107. The van der Waals surface area contributed by atoms with Crippen LogP contribution in [-0.4, -0.2) is 30.4 Å². The number of alkyl halides is 5. The molecule has 5 nitrogen and oxygen atoms in total. The summed E-state index contributed by atoms with van der Waals surface area (Å²) in [5.74, 6) is -2.06. The first-order valence-electron chi connectivity index (χ1n) is 11.4. The normalized spacial score (nSPS) is 15.1. The fourth-order valence-corrected chi connectivity index (χ4v) is 4.71. The van der Waals surface area contributed by atoms with E-state index in [1.807, 2.05) is 20.8 Å². The molecule has 0 aliphatic heterocycles. The van der Waals surface area contributed by atoms with Crippen molar-refractivity contribution in [3.05, 3.63) is 47.4 Å². The number of pyridine rings is 2. The zero-order valence-electron chi connectivity index (χ0n) is 20.6. The molecule has 1 aliphatic carbocycles. The smallest absolute Gasteiger partial charge is 0.332 e. The number of fused-ring (bicyclic) bond motifs is 1. The van der Waals surface area contributed by atoms with E-state index in [0.29, 0.717) is 29.8 Å². The molecule has 1 fully saturated rings. The standard InChI is InChI=1S/C22H23F5N4OS.C2H4F2/c1-21(2,3)11-31-10-12(8-29-33(32)14-4-5-14)15-7-17(24)18(30-20(15)31)16-6-13(23)9-28-19(16)22(25,26)27;1-2(3)4/h6-7,9-10,14,29H,4-5,8,11H2,1-3H3;2H,1H3. The van der Waals surface area contributed by atoms with Crippen molar-refractivity contribution >= 4 is 22.0 Å². The van der Waals surface area contributed by atoms with Crippen molar-refractivity contribution < 1.29 is 34.9 Å². The molecule has 1 saturated carbocycles. The van der Waals surface area contributed by atoms with E-state index < -0.39 is 52.2 Å². The molecule has 1 unspecified atom stereocenters. The SMILES string of the molecule is CC(C)(C)Cn1cc(CNS(=O)C2CC2)c2cc(F)c(-c3cc(F)cnc3C(F)(F)F)nc21.CC(F)F. The second kappa shape index (κ2) is 11.1. The highest BCUT2D eigenvalue weighted by atomic mass is 32.2. The minimum Gasteiger partial charge on any atom is -0.332 e. The molecule has 204 valence electrons. The van der Waals surface area contributed by atoms with Gasteiger partial charge in [0.15, 0.2) is 5.69 Å². The van der Waals surface area contributed by atoms with E-state index in [1.54, 1.807) is 10.8 Å². The van der Waals surface area contributed by atoms with E-state index in [2.05, 4.69) is 14.7 Å². The van der Waals surface area contributed by atoms with Crippen LogP contribution in [0.15, 0.2) is 24.5 Å². The highest BCUT2D eigenvalue weighted by Crippen LogP contribution is 2.37. The number of nitrogens with zero attached hydrogens (tertiary/aromatic N) is 3. The topological polar surface area (TPSA) is 59.8 Å². The lowest BCUT2D eigenvalue weighted by Crippen LogP contribution is -2.19. The van der Waals surface area contributed by atoms with Crippen LogP contribution in [0.4, 0.5) is 30.7 Å². The van der Waals surface area contributed by atoms with Crippen molar-refractivity contribution in [3.63, 3.8) is 0 Å². The van der Waals surface area contributed by atoms with Gasteiger partial charge in [-0.15, -0.1) is 0 Å². The lowest BCUT2D eigenvalue weighted by Gasteiger charge is -2.19. The minimum absolute atomic E-state index is 0.107. The molecule has 0 amide bonds. The first kappa shape index (κ1) is 29.0. The van der Waals surface area contributed by atoms with E-state index in [-0.39, 0.29) is 22.9 Å². The zero-order chi connectivity index (χ0) is 27.7. The number of hydrogen-bond donors (Lipinski definition) is 1. The third-order valence-electron chi connectivity index (χ3n) is 5.14. The van der Waals surface area contributed by atoms with Gasteiger partial charge < -0.3 is 4.57 Å². The van der Waals surface area contributed by atoms with Gasteiger partial charge >= 0.3 is 6.18 Å². The average Bonchev–Trinajstić information content (AvgIpc) is 3.54. The fourth-order valence-electron chi connectivity index (χ4n) is 3.61. The Kier molecular flexibility index (Phi) is 8.68. The van der Waals surface area contributed by atoms with Gasteiger partial charge in [-0.3, -0.25) is 0 Å². The summed E-state index contributed by atoms with van der Waals surface area (Å²) in [5, 5.41) is 0.495. The predicted octanol–water partition coefficient (Wildman–Crippen LogP) is 6.63. The van der Waals surface area contributed by atoms with Gasteiger partial charge in [0.25, 0.3) is 0 Å². The summed E-state index contributed by atoms with van der Waals surface area (Å²) in [6, 6.07) is 1.68. The maximum absolute atomic E-state index is 15.1. The van der Waals surface area contributed by atoms with Crippen molar-refractivity contribution in [1.29, 1.82) is 0 Å². The number of hydrogen-bond acceptors (Lipinski definition) is 3. The van der Waals surface area contributed by atoms with Crippen LogP contribution in [0.3, 0.4) is 0 Å². The largest absolute Gasteiger partial charge is 0.434 e. The van der Waals surface area contributed by atoms with E-state index >= 15 is 4.39 Å². The van der Waals surface area contributed by atoms with E-state index in [9.17, 15) is 30.6 Å². The maximum atomic E-state index is 15.1. The highest BCUT2D eigenvalue weighted by Gasteiger charge is 2.37. The molecule has 4 rings (SSSR count). The molecule has 3 aromatic rings. The van der Waals surface area contributed by atoms with Gasteiger partial charge in [0.05, 0.1) is 17.2 Å². The third-order valence-corrected chi connectivity index (χ3v) is 6.65. The average molecular weight is 553 g/mol. The van der Waals surface area contributed by atoms with Gasteiger partial charge in [-0.05, 0) is 42.9 Å². The molecule has 0 bridgehead atoms. The summed E-state index contributed by atoms with van der Waals surface area (Å²) in [6.45, 7) is 7.39.